The van der Waals surface area contributed by atoms with Gasteiger partial charge in [-0.15, -0.1) is 0 Å². The molecule has 0 saturated heterocycles. The highest BCUT2D eigenvalue weighted by Gasteiger charge is 2.29. The molecule has 0 amide bonds. The van der Waals surface area contributed by atoms with E-state index >= 15 is 0 Å². The Morgan fingerprint density at radius 1 is 1.45 bits per heavy atom. The standard InChI is InChI=1S/C9H20N2/c1-7(10)6-8(2)11(3)9-4-5-9/h7-9H,4-6,10H2,1-3H3. The van der Waals surface area contributed by atoms with Gasteiger partial charge < -0.3 is 10.6 Å². The lowest BCUT2D eigenvalue weighted by Crippen LogP contribution is -2.35. The average molecular weight is 156 g/mol. The molecule has 0 radical (unpaired) electrons. The Hall–Kier alpha value is -0.0800. The molecule has 0 aromatic rings. The molecule has 0 aliphatic heterocycles. The first kappa shape index (κ1) is 9.01. The summed E-state index contributed by atoms with van der Waals surface area (Å²) in [4.78, 5) is 2.46. The molecule has 1 fully saturated rings. The van der Waals surface area contributed by atoms with Crippen molar-refractivity contribution in [1.82, 2.24) is 4.90 Å². The summed E-state index contributed by atoms with van der Waals surface area (Å²) in [7, 11) is 2.21. The van der Waals surface area contributed by atoms with Crippen LogP contribution in [0, 0.1) is 0 Å². The average Bonchev–Trinajstić information content (AvgIpc) is 2.65. The van der Waals surface area contributed by atoms with Crippen LogP contribution in [0.1, 0.15) is 33.1 Å². The molecule has 2 unspecified atom stereocenters. The molecule has 0 heterocycles. The lowest BCUT2D eigenvalue weighted by atomic mass is 10.1. The van der Waals surface area contributed by atoms with Gasteiger partial charge in [-0.05, 0) is 40.2 Å². The van der Waals surface area contributed by atoms with Gasteiger partial charge in [-0.3, -0.25) is 0 Å². The fourth-order valence-corrected chi connectivity index (χ4v) is 1.55. The summed E-state index contributed by atoms with van der Waals surface area (Å²) in [6.45, 7) is 4.35. The van der Waals surface area contributed by atoms with Crippen molar-refractivity contribution in [3.05, 3.63) is 0 Å². The summed E-state index contributed by atoms with van der Waals surface area (Å²) in [6, 6.07) is 1.86. The zero-order valence-corrected chi connectivity index (χ0v) is 7.88. The van der Waals surface area contributed by atoms with Crippen LogP contribution < -0.4 is 5.73 Å². The Morgan fingerprint density at radius 3 is 2.36 bits per heavy atom. The van der Waals surface area contributed by atoms with Gasteiger partial charge in [0.05, 0.1) is 0 Å². The summed E-state index contributed by atoms with van der Waals surface area (Å²) < 4.78 is 0. The third kappa shape index (κ3) is 2.80. The first-order chi connectivity index (χ1) is 5.11. The molecule has 2 heteroatoms. The Morgan fingerprint density at radius 2 is 2.00 bits per heavy atom. The van der Waals surface area contributed by atoms with Gasteiger partial charge in [0.25, 0.3) is 0 Å². The maximum atomic E-state index is 5.73. The highest BCUT2D eigenvalue weighted by atomic mass is 15.2. The van der Waals surface area contributed by atoms with Gasteiger partial charge in [0, 0.05) is 18.1 Å². The van der Waals surface area contributed by atoms with Gasteiger partial charge in [0.1, 0.15) is 0 Å². The Labute approximate surface area is 69.8 Å². The van der Waals surface area contributed by atoms with E-state index in [2.05, 4.69) is 25.8 Å². The first-order valence-electron chi connectivity index (χ1n) is 4.58. The van der Waals surface area contributed by atoms with Crippen LogP contribution in [0.5, 0.6) is 0 Å². The van der Waals surface area contributed by atoms with Crippen molar-refractivity contribution in [3.8, 4) is 0 Å². The SMILES string of the molecule is CC(N)CC(C)N(C)C1CC1. The van der Waals surface area contributed by atoms with E-state index in [1.54, 1.807) is 0 Å². The molecule has 1 saturated carbocycles. The third-order valence-electron chi connectivity index (χ3n) is 2.53. The topological polar surface area (TPSA) is 29.3 Å². The first-order valence-corrected chi connectivity index (χ1v) is 4.58. The van der Waals surface area contributed by atoms with E-state index < -0.39 is 0 Å². The monoisotopic (exact) mass is 156 g/mol. The highest BCUT2D eigenvalue weighted by Crippen LogP contribution is 2.27. The minimum atomic E-state index is 0.339. The van der Waals surface area contributed by atoms with E-state index in [0.717, 1.165) is 12.5 Å². The van der Waals surface area contributed by atoms with Crippen molar-refractivity contribution < 1.29 is 0 Å². The van der Waals surface area contributed by atoms with Gasteiger partial charge >= 0.3 is 0 Å². The molecule has 11 heavy (non-hydrogen) atoms. The number of nitrogens with zero attached hydrogens (tertiary/aromatic N) is 1. The van der Waals surface area contributed by atoms with Crippen molar-refractivity contribution >= 4 is 0 Å². The number of hydrogen-bond donors (Lipinski definition) is 1. The van der Waals surface area contributed by atoms with Crippen molar-refractivity contribution in [2.24, 2.45) is 5.73 Å². The summed E-state index contributed by atoms with van der Waals surface area (Å²) >= 11 is 0. The maximum Gasteiger partial charge on any atom is 0.00961 e. The zero-order valence-electron chi connectivity index (χ0n) is 7.88. The van der Waals surface area contributed by atoms with Crippen molar-refractivity contribution in [2.45, 2.75) is 51.2 Å². The minimum absolute atomic E-state index is 0.339. The summed E-state index contributed by atoms with van der Waals surface area (Å²) in [5.74, 6) is 0. The normalized spacial score (nSPS) is 23.7. The van der Waals surface area contributed by atoms with Crippen LogP contribution in [-0.4, -0.2) is 30.1 Å². The third-order valence-corrected chi connectivity index (χ3v) is 2.53. The second-order valence-electron chi connectivity index (χ2n) is 3.96. The van der Waals surface area contributed by atoms with Crippen LogP contribution in [0.15, 0.2) is 0 Å². The van der Waals surface area contributed by atoms with Crippen LogP contribution in [0.4, 0.5) is 0 Å². The molecule has 2 N–H and O–H groups in total. The van der Waals surface area contributed by atoms with Crippen LogP contribution in [0.25, 0.3) is 0 Å². The molecular weight excluding hydrogens is 136 g/mol. The predicted molar refractivity (Wildman–Crippen MR) is 48.5 cm³/mol. The van der Waals surface area contributed by atoms with Crippen LogP contribution in [0.3, 0.4) is 0 Å². The number of rotatable bonds is 4. The molecule has 1 rings (SSSR count). The van der Waals surface area contributed by atoms with Crippen LogP contribution in [-0.2, 0) is 0 Å². The second kappa shape index (κ2) is 3.55. The van der Waals surface area contributed by atoms with Crippen molar-refractivity contribution in [3.63, 3.8) is 0 Å². The molecule has 0 aromatic heterocycles. The molecule has 1 aliphatic carbocycles. The minimum Gasteiger partial charge on any atom is -0.328 e. The summed E-state index contributed by atoms with van der Waals surface area (Å²) in [6.07, 6.45) is 3.90. The van der Waals surface area contributed by atoms with Gasteiger partial charge in [-0.25, -0.2) is 0 Å². The lowest BCUT2D eigenvalue weighted by molar-refractivity contribution is 0.228. The Bertz CT molecular complexity index is 119. The maximum absolute atomic E-state index is 5.73. The molecule has 0 spiro atoms. The molecule has 2 nitrogen and oxygen atoms in total. The van der Waals surface area contributed by atoms with E-state index in [4.69, 9.17) is 5.73 Å². The van der Waals surface area contributed by atoms with Gasteiger partial charge in [0.2, 0.25) is 0 Å². The van der Waals surface area contributed by atoms with E-state index in [9.17, 15) is 0 Å². The predicted octanol–water partition coefficient (Wildman–Crippen LogP) is 1.21. The molecule has 1 aliphatic rings. The smallest absolute Gasteiger partial charge is 0.00961 e. The van der Waals surface area contributed by atoms with E-state index in [-0.39, 0.29) is 0 Å². The van der Waals surface area contributed by atoms with Gasteiger partial charge in [0.15, 0.2) is 0 Å². The van der Waals surface area contributed by atoms with Crippen LogP contribution >= 0.6 is 0 Å². The molecule has 66 valence electrons. The Balaban J connectivity index is 2.21. The van der Waals surface area contributed by atoms with Gasteiger partial charge in [-0.2, -0.15) is 0 Å². The van der Waals surface area contributed by atoms with E-state index in [1.807, 2.05) is 0 Å². The van der Waals surface area contributed by atoms with Gasteiger partial charge in [-0.1, -0.05) is 0 Å². The van der Waals surface area contributed by atoms with Crippen molar-refractivity contribution in [1.29, 1.82) is 0 Å². The lowest BCUT2D eigenvalue weighted by Gasteiger charge is -2.25. The molecular formula is C9H20N2. The van der Waals surface area contributed by atoms with E-state index in [0.29, 0.717) is 12.1 Å². The molecule has 2 atom stereocenters. The highest BCUT2D eigenvalue weighted by molar-refractivity contribution is 4.85. The largest absolute Gasteiger partial charge is 0.328 e. The quantitative estimate of drug-likeness (QED) is 0.663. The Kier molecular flexibility index (Phi) is 2.90. The molecule has 0 aromatic carbocycles. The summed E-state index contributed by atoms with van der Waals surface area (Å²) in [5.41, 5.74) is 5.73. The van der Waals surface area contributed by atoms with Crippen molar-refractivity contribution in [2.75, 3.05) is 7.05 Å². The number of nitrogens with two attached hydrogens (primary N) is 1. The van der Waals surface area contributed by atoms with Crippen LogP contribution in [0.2, 0.25) is 0 Å². The molecule has 0 bridgehead atoms. The fourth-order valence-electron chi connectivity index (χ4n) is 1.55. The second-order valence-corrected chi connectivity index (χ2v) is 3.96. The zero-order chi connectivity index (χ0) is 8.43. The van der Waals surface area contributed by atoms with E-state index in [1.165, 1.54) is 12.8 Å². The number of hydrogen-bond acceptors (Lipinski definition) is 2. The fraction of sp³-hybridized carbons (Fsp3) is 1.00. The summed E-state index contributed by atoms with van der Waals surface area (Å²) in [5, 5.41) is 0.